The molecule has 5 heteroatoms. The van der Waals surface area contributed by atoms with Crippen molar-refractivity contribution in [3.8, 4) is 17.0 Å². The highest BCUT2D eigenvalue weighted by atomic mass is 16.5. The number of nitrogens with zero attached hydrogens (tertiary/aromatic N) is 2. The highest BCUT2D eigenvalue weighted by Gasteiger charge is 2.10. The van der Waals surface area contributed by atoms with E-state index in [0.29, 0.717) is 13.2 Å². The number of aromatic nitrogens is 2. The lowest BCUT2D eigenvalue weighted by Gasteiger charge is -2.07. The molecule has 0 fully saturated rings. The molecule has 1 heterocycles. The molecule has 4 rings (SSSR count). The monoisotopic (exact) mass is 410 g/mol. The van der Waals surface area contributed by atoms with Crippen LogP contribution >= 0.6 is 0 Å². The summed E-state index contributed by atoms with van der Waals surface area (Å²) < 4.78 is 7.67. The van der Waals surface area contributed by atoms with Crippen LogP contribution in [0.25, 0.3) is 17.3 Å². The summed E-state index contributed by atoms with van der Waals surface area (Å²) in [4.78, 5) is 11.0. The molecule has 1 aromatic heterocycles. The number of hydrogen-bond acceptors (Lipinski definition) is 3. The number of carboxylic acid groups (broad SMARTS) is 1. The number of carboxylic acids is 1. The molecule has 0 bridgehead atoms. The Hall–Kier alpha value is -4.12. The molecule has 0 saturated carbocycles. The third-order valence-corrected chi connectivity index (χ3v) is 4.76. The Kier molecular flexibility index (Phi) is 6.24. The number of aliphatic carboxylic acids is 1. The first-order valence-electron chi connectivity index (χ1n) is 9.97. The van der Waals surface area contributed by atoms with Gasteiger partial charge < -0.3 is 9.84 Å². The van der Waals surface area contributed by atoms with Gasteiger partial charge in [-0.1, -0.05) is 72.8 Å². The van der Waals surface area contributed by atoms with Crippen molar-refractivity contribution < 1.29 is 14.6 Å². The Morgan fingerprint density at radius 2 is 1.58 bits per heavy atom. The SMILES string of the molecule is O=C(O)/C=C/c1cn(Cc2ccc(OCc3ccccc3)cc2)nc1-c1ccccc1. The Morgan fingerprint density at radius 3 is 2.26 bits per heavy atom. The lowest BCUT2D eigenvalue weighted by molar-refractivity contribution is -0.131. The van der Waals surface area contributed by atoms with Gasteiger partial charge in [0, 0.05) is 23.4 Å². The van der Waals surface area contributed by atoms with Gasteiger partial charge >= 0.3 is 5.97 Å². The maximum Gasteiger partial charge on any atom is 0.328 e. The maximum absolute atomic E-state index is 11.0. The van der Waals surface area contributed by atoms with Crippen LogP contribution in [0.2, 0.25) is 0 Å². The Labute approximate surface area is 180 Å². The van der Waals surface area contributed by atoms with E-state index in [-0.39, 0.29) is 0 Å². The van der Waals surface area contributed by atoms with E-state index in [1.165, 1.54) is 0 Å². The normalized spacial score (nSPS) is 11.0. The van der Waals surface area contributed by atoms with E-state index < -0.39 is 5.97 Å². The van der Waals surface area contributed by atoms with Crippen LogP contribution in [0, 0.1) is 0 Å². The van der Waals surface area contributed by atoms with Crippen LogP contribution in [0.15, 0.2) is 97.2 Å². The fourth-order valence-electron chi connectivity index (χ4n) is 3.24. The molecule has 154 valence electrons. The topological polar surface area (TPSA) is 64.3 Å². The lowest BCUT2D eigenvalue weighted by atomic mass is 10.1. The van der Waals surface area contributed by atoms with Crippen LogP contribution in [0.1, 0.15) is 16.7 Å². The fraction of sp³-hybridized carbons (Fsp3) is 0.0769. The van der Waals surface area contributed by atoms with Crippen LogP contribution in [0.4, 0.5) is 0 Å². The van der Waals surface area contributed by atoms with Crippen molar-refractivity contribution in [1.29, 1.82) is 0 Å². The van der Waals surface area contributed by atoms with Gasteiger partial charge in [0.2, 0.25) is 0 Å². The van der Waals surface area contributed by atoms with E-state index >= 15 is 0 Å². The molecule has 0 unspecified atom stereocenters. The van der Waals surface area contributed by atoms with Crippen LogP contribution in [-0.4, -0.2) is 20.9 Å². The molecule has 0 spiro atoms. The van der Waals surface area contributed by atoms with Gasteiger partial charge in [-0.2, -0.15) is 5.10 Å². The largest absolute Gasteiger partial charge is 0.489 e. The van der Waals surface area contributed by atoms with E-state index in [9.17, 15) is 4.79 Å². The molecule has 0 aliphatic carbocycles. The molecule has 0 aliphatic rings. The van der Waals surface area contributed by atoms with Gasteiger partial charge in [0.1, 0.15) is 12.4 Å². The van der Waals surface area contributed by atoms with Crippen molar-refractivity contribution in [2.45, 2.75) is 13.2 Å². The van der Waals surface area contributed by atoms with Gasteiger partial charge in [0.05, 0.1) is 12.2 Å². The van der Waals surface area contributed by atoms with Crippen molar-refractivity contribution in [1.82, 2.24) is 9.78 Å². The highest BCUT2D eigenvalue weighted by Crippen LogP contribution is 2.24. The minimum absolute atomic E-state index is 0.527. The van der Waals surface area contributed by atoms with Crippen LogP contribution in [0.5, 0.6) is 5.75 Å². The maximum atomic E-state index is 11.0. The second kappa shape index (κ2) is 9.59. The molecule has 5 nitrogen and oxygen atoms in total. The van der Waals surface area contributed by atoms with E-state index in [4.69, 9.17) is 14.9 Å². The first-order chi connectivity index (χ1) is 15.2. The first kappa shape index (κ1) is 20.2. The molecule has 0 saturated heterocycles. The summed E-state index contributed by atoms with van der Waals surface area (Å²) in [5.41, 5.74) is 4.65. The first-order valence-corrected chi connectivity index (χ1v) is 9.97. The van der Waals surface area contributed by atoms with E-state index in [1.807, 2.05) is 95.8 Å². The summed E-state index contributed by atoms with van der Waals surface area (Å²) in [6, 6.07) is 27.7. The molecule has 4 aromatic rings. The third kappa shape index (κ3) is 5.48. The lowest BCUT2D eigenvalue weighted by Crippen LogP contribution is -2.01. The quantitative estimate of drug-likeness (QED) is 0.402. The zero-order chi connectivity index (χ0) is 21.5. The molecule has 0 radical (unpaired) electrons. The smallest absolute Gasteiger partial charge is 0.328 e. The van der Waals surface area contributed by atoms with Crippen LogP contribution in [0.3, 0.4) is 0 Å². The van der Waals surface area contributed by atoms with Crippen molar-refractivity contribution in [3.63, 3.8) is 0 Å². The van der Waals surface area contributed by atoms with Gasteiger partial charge in [0.15, 0.2) is 0 Å². The summed E-state index contributed by atoms with van der Waals surface area (Å²) in [6.07, 6.45) is 4.57. The standard InChI is InChI=1S/C26H22N2O3/c29-25(30)16-13-23-18-28(27-26(23)22-9-5-2-6-10-22)17-20-11-14-24(15-12-20)31-19-21-7-3-1-4-8-21/h1-16,18H,17,19H2,(H,29,30)/b16-13+. The average Bonchev–Trinajstić information content (AvgIpc) is 3.21. The number of rotatable bonds is 8. The minimum atomic E-state index is -0.988. The zero-order valence-electron chi connectivity index (χ0n) is 16.9. The molecule has 31 heavy (non-hydrogen) atoms. The third-order valence-electron chi connectivity index (χ3n) is 4.76. The molecule has 0 atom stereocenters. The summed E-state index contributed by atoms with van der Waals surface area (Å²) in [5, 5.41) is 13.7. The van der Waals surface area contributed by atoms with Gasteiger partial charge in [0.25, 0.3) is 0 Å². The van der Waals surface area contributed by atoms with Crippen LogP contribution in [-0.2, 0) is 17.9 Å². The molecular weight excluding hydrogens is 388 g/mol. The van der Waals surface area contributed by atoms with E-state index in [0.717, 1.165) is 39.8 Å². The number of benzene rings is 3. The summed E-state index contributed by atoms with van der Waals surface area (Å²) in [5.74, 6) is -0.180. The number of ether oxygens (including phenoxy) is 1. The van der Waals surface area contributed by atoms with Gasteiger partial charge in [-0.05, 0) is 29.3 Å². The number of hydrogen-bond donors (Lipinski definition) is 1. The summed E-state index contributed by atoms with van der Waals surface area (Å²) in [7, 11) is 0. The van der Waals surface area contributed by atoms with E-state index in [1.54, 1.807) is 6.08 Å². The van der Waals surface area contributed by atoms with Crippen molar-refractivity contribution >= 4 is 12.0 Å². The second-order valence-electron chi connectivity index (χ2n) is 7.09. The number of carbonyl (C=O) groups is 1. The van der Waals surface area contributed by atoms with Crippen molar-refractivity contribution in [3.05, 3.63) is 114 Å². The molecule has 0 aliphatic heterocycles. The molecular formula is C26H22N2O3. The zero-order valence-corrected chi connectivity index (χ0v) is 16.9. The molecule has 0 amide bonds. The predicted molar refractivity (Wildman–Crippen MR) is 121 cm³/mol. The van der Waals surface area contributed by atoms with E-state index in [2.05, 4.69) is 0 Å². The second-order valence-corrected chi connectivity index (χ2v) is 7.09. The van der Waals surface area contributed by atoms with Gasteiger partial charge in [-0.3, -0.25) is 4.68 Å². The molecule has 3 aromatic carbocycles. The Balaban J connectivity index is 1.49. The minimum Gasteiger partial charge on any atom is -0.489 e. The Morgan fingerprint density at radius 1 is 0.903 bits per heavy atom. The Bertz CT molecular complexity index is 1160. The van der Waals surface area contributed by atoms with Gasteiger partial charge in [-0.25, -0.2) is 4.79 Å². The van der Waals surface area contributed by atoms with Crippen molar-refractivity contribution in [2.24, 2.45) is 0 Å². The summed E-state index contributed by atoms with van der Waals surface area (Å²) in [6.45, 7) is 1.10. The fourth-order valence-corrected chi connectivity index (χ4v) is 3.24. The van der Waals surface area contributed by atoms with Gasteiger partial charge in [-0.15, -0.1) is 0 Å². The highest BCUT2D eigenvalue weighted by molar-refractivity contribution is 5.87. The summed E-state index contributed by atoms with van der Waals surface area (Å²) >= 11 is 0. The average molecular weight is 410 g/mol. The van der Waals surface area contributed by atoms with Crippen molar-refractivity contribution in [2.75, 3.05) is 0 Å². The van der Waals surface area contributed by atoms with Crippen LogP contribution < -0.4 is 4.74 Å². The molecule has 1 N–H and O–H groups in total. The predicted octanol–water partition coefficient (Wildman–Crippen LogP) is 5.28.